The number of ether oxygens (including phenoxy) is 1. The Kier molecular flexibility index (Phi) is 3.71. The fourth-order valence-electron chi connectivity index (χ4n) is 2.55. The fourth-order valence-corrected chi connectivity index (χ4v) is 2.55. The quantitative estimate of drug-likeness (QED) is 0.695. The van der Waals surface area contributed by atoms with E-state index in [9.17, 15) is 0 Å². The van der Waals surface area contributed by atoms with Crippen molar-refractivity contribution >= 4 is 5.90 Å². The molecule has 0 aliphatic carbocycles. The summed E-state index contributed by atoms with van der Waals surface area (Å²) in [5, 5.41) is 0. The molecule has 0 saturated carbocycles. The molecule has 1 rings (SSSR count). The van der Waals surface area contributed by atoms with E-state index in [2.05, 4.69) is 48.5 Å². The molecule has 16 heavy (non-hydrogen) atoms. The van der Waals surface area contributed by atoms with Crippen molar-refractivity contribution in [3.8, 4) is 0 Å². The van der Waals surface area contributed by atoms with Crippen LogP contribution in [0.1, 0.15) is 61.3 Å². The van der Waals surface area contributed by atoms with E-state index in [0.29, 0.717) is 17.4 Å². The lowest BCUT2D eigenvalue weighted by molar-refractivity contribution is 0.127. The van der Waals surface area contributed by atoms with Gasteiger partial charge in [0.25, 0.3) is 0 Å². The predicted octanol–water partition coefficient (Wildman–Crippen LogP) is 4.04. The smallest absolute Gasteiger partial charge is 0.186 e. The summed E-state index contributed by atoms with van der Waals surface area (Å²) in [4.78, 5) is 4.74. The van der Waals surface area contributed by atoms with Gasteiger partial charge in [-0.3, -0.25) is 0 Å². The standard InChI is InChI=1S/C14H27NO/c1-10(8-13(3,4)5)12-15-14(6,7)9-11(2)16-12/h10-11H,8-9H2,1-7H3/t10-,11-/m0/s1. The van der Waals surface area contributed by atoms with Gasteiger partial charge in [0.1, 0.15) is 0 Å². The Bertz CT molecular complexity index is 273. The second-order valence-electron chi connectivity index (χ2n) is 7.06. The van der Waals surface area contributed by atoms with Gasteiger partial charge in [0.15, 0.2) is 5.90 Å². The molecule has 0 aromatic rings. The summed E-state index contributed by atoms with van der Waals surface area (Å²) in [5.41, 5.74) is 0.370. The monoisotopic (exact) mass is 225 g/mol. The van der Waals surface area contributed by atoms with Crippen molar-refractivity contribution in [1.82, 2.24) is 0 Å². The lowest BCUT2D eigenvalue weighted by Gasteiger charge is -2.35. The first-order valence-electron chi connectivity index (χ1n) is 6.35. The van der Waals surface area contributed by atoms with Gasteiger partial charge in [0.05, 0.1) is 11.6 Å². The SMILES string of the molecule is C[C@H]1CC(C)(C)N=C([C@@H](C)CC(C)(C)C)O1. The Morgan fingerprint density at radius 3 is 2.44 bits per heavy atom. The maximum atomic E-state index is 5.88. The molecule has 94 valence electrons. The largest absolute Gasteiger partial charge is 0.478 e. The summed E-state index contributed by atoms with van der Waals surface area (Å²) in [5.74, 6) is 1.38. The van der Waals surface area contributed by atoms with Crippen LogP contribution in [0.15, 0.2) is 4.99 Å². The van der Waals surface area contributed by atoms with Crippen LogP contribution in [0.25, 0.3) is 0 Å². The molecule has 0 aromatic carbocycles. The Morgan fingerprint density at radius 2 is 2.00 bits per heavy atom. The summed E-state index contributed by atoms with van der Waals surface area (Å²) in [7, 11) is 0. The molecule has 1 aliphatic heterocycles. The van der Waals surface area contributed by atoms with Crippen LogP contribution in [-0.4, -0.2) is 17.5 Å². The number of rotatable bonds is 2. The third kappa shape index (κ3) is 4.15. The average molecular weight is 225 g/mol. The van der Waals surface area contributed by atoms with Crippen LogP contribution in [0.2, 0.25) is 0 Å². The van der Waals surface area contributed by atoms with Crippen LogP contribution in [-0.2, 0) is 4.74 Å². The molecule has 0 amide bonds. The highest BCUT2D eigenvalue weighted by Crippen LogP contribution is 2.30. The lowest BCUT2D eigenvalue weighted by atomic mass is 9.84. The van der Waals surface area contributed by atoms with Crippen LogP contribution >= 0.6 is 0 Å². The molecule has 0 spiro atoms. The maximum absolute atomic E-state index is 5.88. The Hall–Kier alpha value is -0.530. The minimum Gasteiger partial charge on any atom is -0.478 e. The van der Waals surface area contributed by atoms with Crippen molar-refractivity contribution in [3.63, 3.8) is 0 Å². The molecule has 2 nitrogen and oxygen atoms in total. The molecule has 2 atom stereocenters. The maximum Gasteiger partial charge on any atom is 0.186 e. The highest BCUT2D eigenvalue weighted by Gasteiger charge is 2.31. The van der Waals surface area contributed by atoms with Crippen LogP contribution in [0.4, 0.5) is 0 Å². The van der Waals surface area contributed by atoms with E-state index in [0.717, 1.165) is 18.7 Å². The molecule has 0 aromatic heterocycles. The van der Waals surface area contributed by atoms with Gasteiger partial charge in [-0.2, -0.15) is 0 Å². The highest BCUT2D eigenvalue weighted by molar-refractivity contribution is 5.79. The van der Waals surface area contributed by atoms with Crippen molar-refractivity contribution in [2.24, 2.45) is 16.3 Å². The molecule has 0 fully saturated rings. The normalized spacial score (nSPS) is 26.9. The predicted molar refractivity (Wildman–Crippen MR) is 69.9 cm³/mol. The molecule has 0 radical (unpaired) electrons. The molecular weight excluding hydrogens is 198 g/mol. The van der Waals surface area contributed by atoms with Crippen LogP contribution < -0.4 is 0 Å². The minimum absolute atomic E-state index is 0.0408. The lowest BCUT2D eigenvalue weighted by Crippen LogP contribution is -2.37. The molecule has 0 unspecified atom stereocenters. The topological polar surface area (TPSA) is 21.6 Å². The third-order valence-corrected chi connectivity index (χ3v) is 2.86. The van der Waals surface area contributed by atoms with Crippen molar-refractivity contribution in [1.29, 1.82) is 0 Å². The van der Waals surface area contributed by atoms with Gasteiger partial charge in [0.2, 0.25) is 0 Å². The fraction of sp³-hybridized carbons (Fsp3) is 0.929. The van der Waals surface area contributed by atoms with Crippen molar-refractivity contribution in [2.75, 3.05) is 0 Å². The molecule has 0 saturated heterocycles. The van der Waals surface area contributed by atoms with Gasteiger partial charge in [-0.25, -0.2) is 4.99 Å². The first-order chi connectivity index (χ1) is 7.09. The average Bonchev–Trinajstić information content (AvgIpc) is 1.96. The second kappa shape index (κ2) is 4.38. The second-order valence-corrected chi connectivity index (χ2v) is 7.06. The Balaban J connectivity index is 2.76. The Labute approximate surface area is 100 Å². The zero-order valence-electron chi connectivity index (χ0n) is 11.9. The molecule has 2 heteroatoms. The van der Waals surface area contributed by atoms with E-state index < -0.39 is 0 Å². The van der Waals surface area contributed by atoms with Gasteiger partial charge >= 0.3 is 0 Å². The van der Waals surface area contributed by atoms with Gasteiger partial charge in [-0.05, 0) is 32.6 Å². The summed E-state index contributed by atoms with van der Waals surface area (Å²) in [6.45, 7) is 15.5. The Morgan fingerprint density at radius 1 is 1.44 bits per heavy atom. The number of hydrogen-bond acceptors (Lipinski definition) is 2. The van der Waals surface area contributed by atoms with E-state index in [1.807, 2.05) is 0 Å². The molecule has 1 heterocycles. The van der Waals surface area contributed by atoms with Gasteiger partial charge in [0, 0.05) is 12.3 Å². The molecule has 0 bridgehead atoms. The number of hydrogen-bond donors (Lipinski definition) is 0. The summed E-state index contributed by atoms with van der Waals surface area (Å²) >= 11 is 0. The van der Waals surface area contributed by atoms with Gasteiger partial charge in [-0.15, -0.1) is 0 Å². The summed E-state index contributed by atoms with van der Waals surface area (Å²) in [6.07, 6.45) is 2.43. The molecular formula is C14H27NO. The number of nitrogens with zero attached hydrogens (tertiary/aromatic N) is 1. The van der Waals surface area contributed by atoms with Crippen LogP contribution in [0.3, 0.4) is 0 Å². The first-order valence-corrected chi connectivity index (χ1v) is 6.35. The van der Waals surface area contributed by atoms with Crippen molar-refractivity contribution in [3.05, 3.63) is 0 Å². The third-order valence-electron chi connectivity index (χ3n) is 2.86. The first kappa shape index (κ1) is 13.5. The van der Waals surface area contributed by atoms with Crippen molar-refractivity contribution < 1.29 is 4.74 Å². The van der Waals surface area contributed by atoms with Crippen molar-refractivity contribution in [2.45, 2.75) is 73.0 Å². The van der Waals surface area contributed by atoms with Gasteiger partial charge in [-0.1, -0.05) is 27.7 Å². The van der Waals surface area contributed by atoms with Crippen LogP contribution in [0, 0.1) is 11.3 Å². The minimum atomic E-state index is 0.0408. The molecule has 0 N–H and O–H groups in total. The van der Waals surface area contributed by atoms with Gasteiger partial charge < -0.3 is 4.74 Å². The number of aliphatic imine (C=N–C) groups is 1. The van der Waals surface area contributed by atoms with E-state index in [-0.39, 0.29) is 5.54 Å². The van der Waals surface area contributed by atoms with E-state index in [4.69, 9.17) is 9.73 Å². The molecule has 1 aliphatic rings. The summed E-state index contributed by atoms with van der Waals surface area (Å²) in [6, 6.07) is 0. The zero-order valence-corrected chi connectivity index (χ0v) is 11.9. The van der Waals surface area contributed by atoms with E-state index >= 15 is 0 Å². The van der Waals surface area contributed by atoms with Crippen LogP contribution in [0.5, 0.6) is 0 Å². The van der Waals surface area contributed by atoms with E-state index in [1.54, 1.807) is 0 Å². The summed E-state index contributed by atoms with van der Waals surface area (Å²) < 4.78 is 5.88. The highest BCUT2D eigenvalue weighted by atomic mass is 16.5. The zero-order chi connectivity index (χ0) is 12.6. The van der Waals surface area contributed by atoms with E-state index in [1.165, 1.54) is 0 Å².